The van der Waals surface area contributed by atoms with Gasteiger partial charge in [0.05, 0.1) is 16.4 Å². The van der Waals surface area contributed by atoms with Crippen LogP contribution >= 0.6 is 0 Å². The van der Waals surface area contributed by atoms with Crippen LogP contribution < -0.4 is 5.73 Å². The predicted molar refractivity (Wildman–Crippen MR) is 72.8 cm³/mol. The number of nitrogen functional groups attached to an aromatic ring is 1. The van der Waals surface area contributed by atoms with Crippen LogP contribution in [0, 0.1) is 5.82 Å². The van der Waals surface area contributed by atoms with Crippen LogP contribution in [0.1, 0.15) is 6.42 Å². The van der Waals surface area contributed by atoms with Gasteiger partial charge in [0.15, 0.2) is 9.84 Å². The van der Waals surface area contributed by atoms with Gasteiger partial charge in [0.1, 0.15) is 5.82 Å². The quantitative estimate of drug-likeness (QED) is 0.803. The van der Waals surface area contributed by atoms with Gasteiger partial charge in [-0.15, -0.1) is 0 Å². The summed E-state index contributed by atoms with van der Waals surface area (Å²) >= 11 is 0. The third-order valence-electron chi connectivity index (χ3n) is 3.29. The van der Waals surface area contributed by atoms with Gasteiger partial charge < -0.3 is 5.73 Å². The molecule has 112 valence electrons. The van der Waals surface area contributed by atoms with Crippen LogP contribution in [0.2, 0.25) is 0 Å². The fourth-order valence-corrected chi connectivity index (χ4v) is 5.48. The SMILES string of the molecule is CN(C1CCS(=O)(=O)C1)S(=O)(=O)c1cc(N)cc(F)c1. The monoisotopic (exact) mass is 322 g/mol. The van der Waals surface area contributed by atoms with Gasteiger partial charge in [0.2, 0.25) is 10.0 Å². The topological polar surface area (TPSA) is 97.5 Å². The molecule has 0 aromatic heterocycles. The van der Waals surface area contributed by atoms with Gasteiger partial charge >= 0.3 is 0 Å². The number of anilines is 1. The molecule has 1 saturated heterocycles. The van der Waals surface area contributed by atoms with Crippen LogP contribution in [0.3, 0.4) is 0 Å². The molecule has 0 aliphatic carbocycles. The van der Waals surface area contributed by atoms with E-state index in [4.69, 9.17) is 5.73 Å². The summed E-state index contributed by atoms with van der Waals surface area (Å²) in [6.07, 6.45) is 0.239. The zero-order valence-corrected chi connectivity index (χ0v) is 12.4. The number of nitrogens with zero attached hydrogens (tertiary/aromatic N) is 1. The molecule has 1 heterocycles. The molecule has 0 saturated carbocycles. The summed E-state index contributed by atoms with van der Waals surface area (Å²) < 4.78 is 61.8. The number of halogens is 1. The smallest absolute Gasteiger partial charge is 0.243 e. The number of nitrogens with two attached hydrogens (primary N) is 1. The van der Waals surface area contributed by atoms with Crippen molar-refractivity contribution in [3.05, 3.63) is 24.0 Å². The fourth-order valence-electron chi connectivity index (χ4n) is 2.16. The van der Waals surface area contributed by atoms with E-state index < -0.39 is 31.7 Å². The van der Waals surface area contributed by atoms with E-state index in [-0.39, 0.29) is 28.5 Å². The molecule has 9 heteroatoms. The lowest BCUT2D eigenvalue weighted by atomic mass is 10.3. The largest absolute Gasteiger partial charge is 0.399 e. The molecule has 2 N–H and O–H groups in total. The van der Waals surface area contributed by atoms with Gasteiger partial charge in [-0.05, 0) is 24.6 Å². The lowest BCUT2D eigenvalue weighted by molar-refractivity contribution is 0.393. The average Bonchev–Trinajstić information content (AvgIpc) is 2.67. The van der Waals surface area contributed by atoms with E-state index in [9.17, 15) is 21.2 Å². The van der Waals surface area contributed by atoms with E-state index in [1.54, 1.807) is 0 Å². The van der Waals surface area contributed by atoms with E-state index in [1.165, 1.54) is 7.05 Å². The second-order valence-corrected chi connectivity index (χ2v) is 9.02. The maximum absolute atomic E-state index is 13.3. The molecule has 1 aromatic carbocycles. The molecule has 0 radical (unpaired) electrons. The summed E-state index contributed by atoms with van der Waals surface area (Å²) in [6, 6.07) is 2.40. The van der Waals surface area contributed by atoms with Crippen LogP contribution in [0.4, 0.5) is 10.1 Å². The minimum Gasteiger partial charge on any atom is -0.399 e. The Hall–Kier alpha value is -1.19. The Balaban J connectivity index is 2.35. The van der Waals surface area contributed by atoms with Crippen molar-refractivity contribution in [1.82, 2.24) is 4.31 Å². The van der Waals surface area contributed by atoms with E-state index in [0.717, 1.165) is 22.5 Å². The second-order valence-electron chi connectivity index (χ2n) is 4.80. The molecule has 1 unspecified atom stereocenters. The van der Waals surface area contributed by atoms with Crippen molar-refractivity contribution in [2.75, 3.05) is 24.3 Å². The van der Waals surface area contributed by atoms with E-state index in [2.05, 4.69) is 0 Å². The highest BCUT2D eigenvalue weighted by Gasteiger charge is 2.36. The molecule has 6 nitrogen and oxygen atoms in total. The molecular weight excluding hydrogens is 307 g/mol. The first-order valence-electron chi connectivity index (χ1n) is 5.86. The Morgan fingerprint density at radius 2 is 2.00 bits per heavy atom. The fraction of sp³-hybridized carbons (Fsp3) is 0.455. The molecule has 20 heavy (non-hydrogen) atoms. The van der Waals surface area contributed by atoms with Crippen molar-refractivity contribution >= 4 is 25.5 Å². The Morgan fingerprint density at radius 1 is 1.35 bits per heavy atom. The van der Waals surface area contributed by atoms with Crippen molar-refractivity contribution < 1.29 is 21.2 Å². The zero-order valence-electron chi connectivity index (χ0n) is 10.8. The Morgan fingerprint density at radius 3 is 2.50 bits per heavy atom. The number of benzene rings is 1. The maximum atomic E-state index is 13.3. The van der Waals surface area contributed by atoms with Crippen molar-refractivity contribution in [1.29, 1.82) is 0 Å². The molecule has 1 aliphatic rings. The normalized spacial score (nSPS) is 22.2. The van der Waals surface area contributed by atoms with Crippen LogP contribution in [0.5, 0.6) is 0 Å². The van der Waals surface area contributed by atoms with E-state index in [0.29, 0.717) is 0 Å². The molecule has 0 amide bonds. The highest BCUT2D eigenvalue weighted by atomic mass is 32.2. The van der Waals surface area contributed by atoms with Gasteiger partial charge in [-0.2, -0.15) is 4.31 Å². The van der Waals surface area contributed by atoms with Crippen molar-refractivity contribution in [3.63, 3.8) is 0 Å². The lowest BCUT2D eigenvalue weighted by Gasteiger charge is -2.22. The third kappa shape index (κ3) is 2.94. The Labute approximate surface area is 117 Å². The molecule has 1 atom stereocenters. The van der Waals surface area contributed by atoms with E-state index >= 15 is 0 Å². The highest BCUT2D eigenvalue weighted by Crippen LogP contribution is 2.25. The molecule has 1 fully saturated rings. The summed E-state index contributed by atoms with van der Waals surface area (Å²) in [5.74, 6) is -1.01. The van der Waals surface area contributed by atoms with Gasteiger partial charge in [-0.3, -0.25) is 0 Å². The lowest BCUT2D eigenvalue weighted by Crippen LogP contribution is -2.37. The molecule has 1 aromatic rings. The minimum atomic E-state index is -3.97. The first kappa shape index (κ1) is 15.2. The number of hydrogen-bond acceptors (Lipinski definition) is 5. The van der Waals surface area contributed by atoms with Crippen LogP contribution in [-0.4, -0.2) is 45.7 Å². The molecular formula is C11H15FN2O4S2. The summed E-state index contributed by atoms with van der Waals surface area (Å²) in [5, 5.41) is 0. The van der Waals surface area contributed by atoms with Gasteiger partial charge in [0, 0.05) is 18.8 Å². The number of sulfone groups is 1. The molecule has 1 aliphatic heterocycles. The number of rotatable bonds is 3. The summed E-state index contributed by atoms with van der Waals surface area (Å²) in [7, 11) is -5.88. The Bertz CT molecular complexity index is 711. The third-order valence-corrected chi connectivity index (χ3v) is 6.93. The van der Waals surface area contributed by atoms with Gasteiger partial charge in [0.25, 0.3) is 0 Å². The predicted octanol–water partition coefficient (Wildman–Crippen LogP) is 0.215. The first-order valence-corrected chi connectivity index (χ1v) is 9.12. The highest BCUT2D eigenvalue weighted by molar-refractivity contribution is 7.92. The van der Waals surface area contributed by atoms with Gasteiger partial charge in [-0.25, -0.2) is 21.2 Å². The Kier molecular flexibility index (Phi) is 3.78. The van der Waals surface area contributed by atoms with Crippen LogP contribution in [-0.2, 0) is 19.9 Å². The maximum Gasteiger partial charge on any atom is 0.243 e. The standard InChI is InChI=1S/C11H15FN2O4S2/c1-14(10-2-3-19(15,16)7-10)20(17,18)11-5-8(12)4-9(13)6-11/h4-6,10H,2-3,7,13H2,1H3. The minimum absolute atomic E-state index is 0.00369. The summed E-state index contributed by atoms with van der Waals surface area (Å²) in [5.41, 5.74) is 5.43. The zero-order chi connectivity index (χ0) is 15.1. The number of hydrogen-bond donors (Lipinski definition) is 1. The molecule has 2 rings (SSSR count). The number of sulfonamides is 1. The van der Waals surface area contributed by atoms with Crippen LogP contribution in [0.15, 0.2) is 23.1 Å². The molecule has 0 bridgehead atoms. The second kappa shape index (κ2) is 4.97. The molecule has 0 spiro atoms. The summed E-state index contributed by atoms with van der Waals surface area (Å²) in [4.78, 5) is -0.276. The summed E-state index contributed by atoms with van der Waals surface area (Å²) in [6.45, 7) is 0. The van der Waals surface area contributed by atoms with E-state index in [1.807, 2.05) is 0 Å². The van der Waals surface area contributed by atoms with Gasteiger partial charge in [-0.1, -0.05) is 0 Å². The average molecular weight is 322 g/mol. The first-order chi connectivity index (χ1) is 9.12. The van der Waals surface area contributed by atoms with Crippen molar-refractivity contribution in [2.24, 2.45) is 0 Å². The van der Waals surface area contributed by atoms with Crippen molar-refractivity contribution in [2.45, 2.75) is 17.4 Å². The van der Waals surface area contributed by atoms with Crippen molar-refractivity contribution in [3.8, 4) is 0 Å². The van der Waals surface area contributed by atoms with Crippen LogP contribution in [0.25, 0.3) is 0 Å².